The van der Waals surface area contributed by atoms with Crippen molar-refractivity contribution in [2.24, 2.45) is 0 Å². The molecule has 0 fully saturated rings. The number of thiocarbonyl (C=S) groups is 1. The SMILES string of the molecule is COc1ccc(NC(=S)Nc2cccc(F)c2)cc1. The van der Waals surface area contributed by atoms with Crippen LogP contribution in [0.15, 0.2) is 48.5 Å². The highest BCUT2D eigenvalue weighted by Gasteiger charge is 2.00. The Morgan fingerprint density at radius 2 is 1.74 bits per heavy atom. The molecule has 2 aromatic rings. The lowest BCUT2D eigenvalue weighted by molar-refractivity contribution is 0.415. The molecule has 98 valence electrons. The number of hydrogen-bond donors (Lipinski definition) is 2. The maximum absolute atomic E-state index is 13.0. The molecule has 0 heterocycles. The van der Waals surface area contributed by atoms with E-state index >= 15 is 0 Å². The monoisotopic (exact) mass is 276 g/mol. The van der Waals surface area contributed by atoms with Crippen LogP contribution in [0.4, 0.5) is 15.8 Å². The quantitative estimate of drug-likeness (QED) is 0.839. The van der Waals surface area contributed by atoms with Gasteiger partial charge in [0.05, 0.1) is 7.11 Å². The van der Waals surface area contributed by atoms with E-state index in [2.05, 4.69) is 10.6 Å². The van der Waals surface area contributed by atoms with Crippen molar-refractivity contribution in [3.63, 3.8) is 0 Å². The van der Waals surface area contributed by atoms with Crippen LogP contribution in [0.1, 0.15) is 0 Å². The summed E-state index contributed by atoms with van der Waals surface area (Å²) in [6.07, 6.45) is 0. The highest BCUT2D eigenvalue weighted by molar-refractivity contribution is 7.80. The number of rotatable bonds is 3. The third-order valence-corrected chi connectivity index (χ3v) is 2.63. The molecule has 0 atom stereocenters. The smallest absolute Gasteiger partial charge is 0.175 e. The van der Waals surface area contributed by atoms with E-state index in [0.717, 1.165) is 11.4 Å². The molecule has 0 aliphatic carbocycles. The number of methoxy groups -OCH3 is 1. The number of hydrogen-bond acceptors (Lipinski definition) is 2. The van der Waals surface area contributed by atoms with E-state index in [1.54, 1.807) is 19.2 Å². The van der Waals surface area contributed by atoms with Gasteiger partial charge in [0.1, 0.15) is 11.6 Å². The Hall–Kier alpha value is -2.14. The zero-order chi connectivity index (χ0) is 13.7. The van der Waals surface area contributed by atoms with Crippen molar-refractivity contribution in [1.29, 1.82) is 0 Å². The first-order valence-corrected chi connectivity index (χ1v) is 6.06. The van der Waals surface area contributed by atoms with Crippen LogP contribution in [0.5, 0.6) is 5.75 Å². The van der Waals surface area contributed by atoms with Crippen LogP contribution in [-0.2, 0) is 0 Å². The normalized spacial score (nSPS) is 9.79. The van der Waals surface area contributed by atoms with Gasteiger partial charge in [-0.2, -0.15) is 0 Å². The van der Waals surface area contributed by atoms with Gasteiger partial charge in [-0.05, 0) is 54.7 Å². The molecule has 2 rings (SSSR count). The number of anilines is 2. The van der Waals surface area contributed by atoms with Gasteiger partial charge < -0.3 is 15.4 Å². The summed E-state index contributed by atoms with van der Waals surface area (Å²) in [5, 5.41) is 6.31. The summed E-state index contributed by atoms with van der Waals surface area (Å²) < 4.78 is 18.1. The number of halogens is 1. The lowest BCUT2D eigenvalue weighted by atomic mass is 10.3. The second-order valence-corrected chi connectivity index (χ2v) is 4.23. The fourth-order valence-electron chi connectivity index (χ4n) is 1.53. The van der Waals surface area contributed by atoms with E-state index < -0.39 is 0 Å². The largest absolute Gasteiger partial charge is 0.497 e. The van der Waals surface area contributed by atoms with Crippen LogP contribution in [-0.4, -0.2) is 12.2 Å². The molecular weight excluding hydrogens is 263 g/mol. The molecule has 0 amide bonds. The van der Waals surface area contributed by atoms with E-state index in [1.165, 1.54) is 12.1 Å². The van der Waals surface area contributed by atoms with E-state index in [4.69, 9.17) is 17.0 Å². The minimum Gasteiger partial charge on any atom is -0.497 e. The maximum Gasteiger partial charge on any atom is 0.175 e. The van der Waals surface area contributed by atoms with Gasteiger partial charge in [-0.1, -0.05) is 6.07 Å². The lowest BCUT2D eigenvalue weighted by Gasteiger charge is -2.11. The molecule has 0 radical (unpaired) electrons. The van der Waals surface area contributed by atoms with Crippen molar-refractivity contribution in [1.82, 2.24) is 0 Å². The van der Waals surface area contributed by atoms with Gasteiger partial charge in [-0.15, -0.1) is 0 Å². The fraction of sp³-hybridized carbons (Fsp3) is 0.0714. The van der Waals surface area contributed by atoms with E-state index in [-0.39, 0.29) is 5.82 Å². The Bertz CT molecular complexity index is 572. The second-order valence-electron chi connectivity index (χ2n) is 3.82. The van der Waals surface area contributed by atoms with Gasteiger partial charge >= 0.3 is 0 Å². The second kappa shape index (κ2) is 6.15. The predicted molar refractivity (Wildman–Crippen MR) is 79.2 cm³/mol. The highest BCUT2D eigenvalue weighted by atomic mass is 32.1. The van der Waals surface area contributed by atoms with Crippen LogP contribution in [0, 0.1) is 5.82 Å². The van der Waals surface area contributed by atoms with E-state index in [9.17, 15) is 4.39 Å². The van der Waals surface area contributed by atoms with Crippen molar-refractivity contribution in [2.75, 3.05) is 17.7 Å². The molecule has 2 aromatic carbocycles. The van der Waals surface area contributed by atoms with Crippen LogP contribution >= 0.6 is 12.2 Å². The Labute approximate surface area is 116 Å². The zero-order valence-electron chi connectivity index (χ0n) is 10.3. The molecule has 0 aliphatic rings. The zero-order valence-corrected chi connectivity index (χ0v) is 11.1. The average molecular weight is 276 g/mol. The van der Waals surface area contributed by atoms with Crippen molar-refractivity contribution < 1.29 is 9.13 Å². The van der Waals surface area contributed by atoms with Gasteiger partial charge in [0, 0.05) is 11.4 Å². The predicted octanol–water partition coefficient (Wildman–Crippen LogP) is 3.64. The van der Waals surface area contributed by atoms with Crippen molar-refractivity contribution in [2.45, 2.75) is 0 Å². The summed E-state index contributed by atoms with van der Waals surface area (Å²) >= 11 is 5.15. The van der Waals surface area contributed by atoms with Gasteiger partial charge in [0.25, 0.3) is 0 Å². The van der Waals surface area contributed by atoms with Crippen LogP contribution in [0.25, 0.3) is 0 Å². The third kappa shape index (κ3) is 3.93. The maximum atomic E-state index is 13.0. The van der Waals surface area contributed by atoms with Gasteiger partial charge in [-0.25, -0.2) is 4.39 Å². The van der Waals surface area contributed by atoms with Crippen LogP contribution in [0.3, 0.4) is 0 Å². The molecule has 0 saturated heterocycles. The fourth-order valence-corrected chi connectivity index (χ4v) is 1.77. The molecule has 0 aliphatic heterocycles. The first-order valence-electron chi connectivity index (χ1n) is 5.65. The molecular formula is C14H13FN2OS. The number of nitrogens with one attached hydrogen (secondary N) is 2. The summed E-state index contributed by atoms with van der Waals surface area (Å²) in [6.45, 7) is 0. The summed E-state index contributed by atoms with van der Waals surface area (Å²) in [5.41, 5.74) is 1.43. The molecule has 3 nitrogen and oxygen atoms in total. The van der Waals surface area contributed by atoms with Gasteiger partial charge in [-0.3, -0.25) is 0 Å². The Morgan fingerprint density at radius 3 is 2.37 bits per heavy atom. The summed E-state index contributed by atoms with van der Waals surface area (Å²) in [6, 6.07) is 13.5. The van der Waals surface area contributed by atoms with E-state index in [0.29, 0.717) is 10.8 Å². The molecule has 0 bridgehead atoms. The first-order chi connectivity index (χ1) is 9.17. The molecule has 19 heavy (non-hydrogen) atoms. The Balaban J connectivity index is 1.97. The molecule has 0 spiro atoms. The first kappa shape index (κ1) is 13.3. The standard InChI is InChI=1S/C14H13FN2OS/c1-18-13-7-5-11(6-8-13)16-14(19)17-12-4-2-3-10(15)9-12/h2-9H,1H3,(H2,16,17,19). The summed E-state index contributed by atoms with van der Waals surface area (Å²) in [7, 11) is 1.61. The molecule has 2 N–H and O–H groups in total. The Morgan fingerprint density at radius 1 is 1.05 bits per heavy atom. The summed E-state index contributed by atoms with van der Waals surface area (Å²) in [5.74, 6) is 0.465. The molecule has 5 heteroatoms. The molecule has 0 aromatic heterocycles. The van der Waals surface area contributed by atoms with Crippen molar-refractivity contribution in [3.05, 3.63) is 54.3 Å². The van der Waals surface area contributed by atoms with Crippen molar-refractivity contribution in [3.8, 4) is 5.75 Å². The highest BCUT2D eigenvalue weighted by Crippen LogP contribution is 2.15. The van der Waals surface area contributed by atoms with Crippen molar-refractivity contribution >= 4 is 28.7 Å². The topological polar surface area (TPSA) is 33.3 Å². The van der Waals surface area contributed by atoms with E-state index in [1.807, 2.05) is 24.3 Å². The minimum absolute atomic E-state index is 0.308. The third-order valence-electron chi connectivity index (χ3n) is 2.43. The molecule has 0 saturated carbocycles. The van der Waals surface area contributed by atoms with Gasteiger partial charge in [0.2, 0.25) is 0 Å². The molecule has 0 unspecified atom stereocenters. The average Bonchev–Trinajstić information content (AvgIpc) is 2.39. The van der Waals surface area contributed by atoms with Crippen LogP contribution in [0.2, 0.25) is 0 Å². The van der Waals surface area contributed by atoms with Crippen LogP contribution < -0.4 is 15.4 Å². The number of ether oxygens (including phenoxy) is 1. The Kier molecular flexibility index (Phi) is 4.30. The van der Waals surface area contributed by atoms with Gasteiger partial charge in [0.15, 0.2) is 5.11 Å². The minimum atomic E-state index is -0.308. The lowest BCUT2D eigenvalue weighted by Crippen LogP contribution is -2.19. The summed E-state index contributed by atoms with van der Waals surface area (Å²) in [4.78, 5) is 0. The number of benzene rings is 2.